The maximum atomic E-state index is 5.68. The SMILES string of the molecule is CCCc1noc(CSc2nnc(-c3ccccc3C)o2)n1. The van der Waals surface area contributed by atoms with Crippen LogP contribution >= 0.6 is 11.8 Å². The van der Waals surface area contributed by atoms with Gasteiger partial charge in [0.05, 0.1) is 5.75 Å². The Kier molecular flexibility index (Phi) is 4.53. The predicted molar refractivity (Wildman–Crippen MR) is 82.3 cm³/mol. The molecule has 0 unspecified atom stereocenters. The molecule has 0 aliphatic rings. The molecule has 1 aromatic carbocycles. The quantitative estimate of drug-likeness (QED) is 0.642. The van der Waals surface area contributed by atoms with E-state index in [1.165, 1.54) is 11.8 Å². The fraction of sp³-hybridized carbons (Fsp3) is 0.333. The van der Waals surface area contributed by atoms with Crippen molar-refractivity contribution in [1.82, 2.24) is 20.3 Å². The Morgan fingerprint density at radius 2 is 2.05 bits per heavy atom. The van der Waals surface area contributed by atoms with Crippen LogP contribution in [0.3, 0.4) is 0 Å². The summed E-state index contributed by atoms with van der Waals surface area (Å²) in [5.41, 5.74) is 2.05. The summed E-state index contributed by atoms with van der Waals surface area (Å²) in [5, 5.41) is 12.5. The van der Waals surface area contributed by atoms with Gasteiger partial charge in [0, 0.05) is 12.0 Å². The standard InChI is InChI=1S/C15H16N4O2S/c1-3-6-12-16-13(21-19-12)9-22-15-18-17-14(20-15)11-8-5-4-7-10(11)2/h4-5,7-8H,3,6,9H2,1-2H3. The van der Waals surface area contributed by atoms with Crippen LogP contribution in [0.15, 0.2) is 38.4 Å². The van der Waals surface area contributed by atoms with E-state index in [1.807, 2.05) is 31.2 Å². The van der Waals surface area contributed by atoms with Crippen LogP contribution < -0.4 is 0 Å². The van der Waals surface area contributed by atoms with Crippen molar-refractivity contribution in [2.75, 3.05) is 0 Å². The van der Waals surface area contributed by atoms with E-state index in [2.05, 4.69) is 27.3 Å². The summed E-state index contributed by atoms with van der Waals surface area (Å²) < 4.78 is 10.9. The summed E-state index contributed by atoms with van der Waals surface area (Å²) in [7, 11) is 0. The van der Waals surface area contributed by atoms with Crippen molar-refractivity contribution < 1.29 is 8.94 Å². The Balaban J connectivity index is 1.65. The third-order valence-corrected chi connectivity index (χ3v) is 3.89. The number of aromatic nitrogens is 4. The maximum absolute atomic E-state index is 5.68. The van der Waals surface area contributed by atoms with Crippen molar-refractivity contribution in [3.63, 3.8) is 0 Å². The minimum absolute atomic E-state index is 0.494. The average molecular weight is 316 g/mol. The van der Waals surface area contributed by atoms with Crippen LogP contribution in [0, 0.1) is 6.92 Å². The molecular weight excluding hydrogens is 300 g/mol. The highest BCUT2D eigenvalue weighted by Gasteiger charge is 2.13. The first-order chi connectivity index (χ1) is 10.8. The summed E-state index contributed by atoms with van der Waals surface area (Å²) in [4.78, 5) is 4.31. The molecule has 0 bridgehead atoms. The lowest BCUT2D eigenvalue weighted by Crippen LogP contribution is -1.86. The zero-order valence-corrected chi connectivity index (χ0v) is 13.3. The normalized spacial score (nSPS) is 11.0. The van der Waals surface area contributed by atoms with Crippen molar-refractivity contribution in [3.05, 3.63) is 41.5 Å². The van der Waals surface area contributed by atoms with E-state index in [9.17, 15) is 0 Å². The molecule has 0 aliphatic carbocycles. The molecule has 2 aromatic heterocycles. The minimum Gasteiger partial charge on any atom is -0.411 e. The second-order valence-electron chi connectivity index (χ2n) is 4.83. The van der Waals surface area contributed by atoms with Gasteiger partial charge in [-0.2, -0.15) is 4.98 Å². The Hall–Kier alpha value is -2.15. The molecule has 22 heavy (non-hydrogen) atoms. The number of hydrogen-bond donors (Lipinski definition) is 0. The average Bonchev–Trinajstić information content (AvgIpc) is 3.15. The van der Waals surface area contributed by atoms with Crippen LogP contribution in [0.4, 0.5) is 0 Å². The fourth-order valence-electron chi connectivity index (χ4n) is 1.99. The lowest BCUT2D eigenvalue weighted by molar-refractivity contribution is 0.384. The van der Waals surface area contributed by atoms with Crippen molar-refractivity contribution in [1.29, 1.82) is 0 Å². The first-order valence-corrected chi connectivity index (χ1v) is 8.08. The summed E-state index contributed by atoms with van der Waals surface area (Å²) >= 11 is 1.39. The molecule has 0 atom stereocenters. The summed E-state index contributed by atoms with van der Waals surface area (Å²) in [6, 6.07) is 7.91. The van der Waals surface area contributed by atoms with Gasteiger partial charge in [-0.3, -0.25) is 0 Å². The third kappa shape index (κ3) is 3.36. The molecule has 0 amide bonds. The van der Waals surface area contributed by atoms with Gasteiger partial charge in [-0.1, -0.05) is 42.0 Å². The van der Waals surface area contributed by atoms with E-state index >= 15 is 0 Å². The zero-order chi connectivity index (χ0) is 15.4. The molecule has 0 fully saturated rings. The number of nitrogens with zero attached hydrogens (tertiary/aromatic N) is 4. The van der Waals surface area contributed by atoms with Crippen molar-refractivity contribution in [3.8, 4) is 11.5 Å². The summed E-state index contributed by atoms with van der Waals surface area (Å²) in [6.07, 6.45) is 1.82. The Morgan fingerprint density at radius 1 is 1.18 bits per heavy atom. The fourth-order valence-corrected chi connectivity index (χ4v) is 2.59. The molecule has 3 aromatic rings. The Bertz CT molecular complexity index is 753. The first-order valence-electron chi connectivity index (χ1n) is 7.10. The van der Waals surface area contributed by atoms with Crippen molar-refractivity contribution in [2.24, 2.45) is 0 Å². The monoisotopic (exact) mass is 316 g/mol. The summed E-state index contributed by atoms with van der Waals surface area (Å²) in [6.45, 7) is 4.09. The van der Waals surface area contributed by atoms with E-state index in [4.69, 9.17) is 8.94 Å². The number of aryl methyl sites for hydroxylation is 2. The molecule has 114 valence electrons. The van der Waals surface area contributed by atoms with Crippen LogP contribution in [0.25, 0.3) is 11.5 Å². The largest absolute Gasteiger partial charge is 0.411 e. The molecule has 7 heteroatoms. The van der Waals surface area contributed by atoms with E-state index in [0.717, 1.165) is 29.8 Å². The van der Waals surface area contributed by atoms with Crippen LogP contribution in [0.2, 0.25) is 0 Å². The van der Waals surface area contributed by atoms with E-state index < -0.39 is 0 Å². The van der Waals surface area contributed by atoms with E-state index in [1.54, 1.807) is 0 Å². The van der Waals surface area contributed by atoms with Gasteiger partial charge in [-0.05, 0) is 25.0 Å². The molecule has 0 saturated heterocycles. The molecular formula is C15H16N4O2S. The highest BCUT2D eigenvalue weighted by atomic mass is 32.2. The van der Waals surface area contributed by atoms with E-state index in [0.29, 0.717) is 22.8 Å². The molecule has 0 spiro atoms. The third-order valence-electron chi connectivity index (χ3n) is 3.08. The molecule has 0 aliphatic heterocycles. The number of thioether (sulfide) groups is 1. The molecule has 6 nitrogen and oxygen atoms in total. The second kappa shape index (κ2) is 6.74. The molecule has 2 heterocycles. The molecule has 0 saturated carbocycles. The van der Waals surface area contributed by atoms with Crippen LogP contribution in [-0.4, -0.2) is 20.3 Å². The predicted octanol–water partition coefficient (Wildman–Crippen LogP) is 3.67. The minimum atomic E-state index is 0.494. The van der Waals surface area contributed by atoms with Gasteiger partial charge >= 0.3 is 0 Å². The smallest absolute Gasteiger partial charge is 0.277 e. The number of rotatable bonds is 6. The van der Waals surface area contributed by atoms with Gasteiger partial charge in [0.15, 0.2) is 5.82 Å². The zero-order valence-electron chi connectivity index (χ0n) is 12.4. The van der Waals surface area contributed by atoms with Crippen LogP contribution in [0.5, 0.6) is 0 Å². The maximum Gasteiger partial charge on any atom is 0.277 e. The lowest BCUT2D eigenvalue weighted by Gasteiger charge is -1.98. The van der Waals surface area contributed by atoms with Crippen molar-refractivity contribution >= 4 is 11.8 Å². The highest BCUT2D eigenvalue weighted by Crippen LogP contribution is 2.26. The number of benzene rings is 1. The van der Waals surface area contributed by atoms with Gasteiger partial charge in [-0.15, -0.1) is 10.2 Å². The van der Waals surface area contributed by atoms with Crippen LogP contribution in [-0.2, 0) is 12.2 Å². The Morgan fingerprint density at radius 3 is 2.86 bits per heavy atom. The van der Waals surface area contributed by atoms with E-state index in [-0.39, 0.29) is 0 Å². The van der Waals surface area contributed by atoms with Gasteiger partial charge in [0.25, 0.3) is 5.22 Å². The summed E-state index contributed by atoms with van der Waals surface area (Å²) in [5.74, 6) is 2.36. The Labute approximate surface area is 132 Å². The van der Waals surface area contributed by atoms with Gasteiger partial charge in [-0.25, -0.2) is 0 Å². The van der Waals surface area contributed by atoms with Gasteiger partial charge in [0.1, 0.15) is 0 Å². The molecule has 0 radical (unpaired) electrons. The van der Waals surface area contributed by atoms with Crippen molar-refractivity contribution in [2.45, 2.75) is 37.7 Å². The topological polar surface area (TPSA) is 77.8 Å². The second-order valence-corrected chi connectivity index (χ2v) is 5.76. The van der Waals surface area contributed by atoms with Gasteiger partial charge < -0.3 is 8.94 Å². The number of hydrogen-bond acceptors (Lipinski definition) is 7. The lowest BCUT2D eigenvalue weighted by atomic mass is 10.1. The van der Waals surface area contributed by atoms with Gasteiger partial charge in [0.2, 0.25) is 11.8 Å². The molecule has 0 N–H and O–H groups in total. The van der Waals surface area contributed by atoms with Crippen LogP contribution in [0.1, 0.15) is 30.6 Å². The highest BCUT2D eigenvalue weighted by molar-refractivity contribution is 7.98. The first kappa shape index (κ1) is 14.8. The molecule has 3 rings (SSSR count).